The van der Waals surface area contributed by atoms with Crippen LogP contribution in [0, 0.1) is 6.92 Å². The summed E-state index contributed by atoms with van der Waals surface area (Å²) in [5.41, 5.74) is 3.95. The van der Waals surface area contributed by atoms with Gasteiger partial charge in [-0.05, 0) is 42.5 Å². The van der Waals surface area contributed by atoms with E-state index in [-0.39, 0.29) is 17.7 Å². The number of rotatable bonds is 3. The Hall–Kier alpha value is -3.41. The van der Waals surface area contributed by atoms with Gasteiger partial charge in [-0.15, -0.1) is 0 Å². The highest BCUT2D eigenvalue weighted by Crippen LogP contribution is 2.44. The van der Waals surface area contributed by atoms with E-state index in [1.807, 2.05) is 66.2 Å². The van der Waals surface area contributed by atoms with Crippen molar-refractivity contribution >= 4 is 11.7 Å². The Morgan fingerprint density at radius 1 is 1.03 bits per heavy atom. The highest BCUT2D eigenvalue weighted by atomic mass is 16.5. The fourth-order valence-electron chi connectivity index (χ4n) is 4.37. The van der Waals surface area contributed by atoms with Gasteiger partial charge >= 0.3 is 0 Å². The van der Waals surface area contributed by atoms with Crippen molar-refractivity contribution in [3.63, 3.8) is 0 Å². The molecule has 3 aromatic rings. The summed E-state index contributed by atoms with van der Waals surface area (Å²) < 4.78 is 7.10. The van der Waals surface area contributed by atoms with E-state index >= 15 is 0 Å². The highest BCUT2D eigenvalue weighted by Gasteiger charge is 2.39. The molecule has 6 heteroatoms. The van der Waals surface area contributed by atoms with Crippen molar-refractivity contribution in [1.82, 2.24) is 14.8 Å². The molecule has 0 saturated carbocycles. The van der Waals surface area contributed by atoms with Gasteiger partial charge in [-0.2, -0.15) is 10.1 Å². The number of carbonyl (C=O) groups excluding carboxylic acids is 1. The predicted octanol–water partition coefficient (Wildman–Crippen LogP) is 4.01. The van der Waals surface area contributed by atoms with E-state index in [0.717, 1.165) is 34.6 Å². The van der Waals surface area contributed by atoms with Crippen LogP contribution >= 0.6 is 0 Å². The van der Waals surface area contributed by atoms with Crippen molar-refractivity contribution < 1.29 is 9.53 Å². The minimum atomic E-state index is -0.243. The van der Waals surface area contributed by atoms with Gasteiger partial charge in [-0.1, -0.05) is 42.5 Å². The number of Topliss-reactive ketones (excluding diaryl/α,β-unsaturated/α-hetero) is 1. The first kappa shape index (κ1) is 17.7. The minimum absolute atomic E-state index is 0.131. The second kappa shape index (κ2) is 6.88. The summed E-state index contributed by atoms with van der Waals surface area (Å²) in [4.78, 5) is 17.9. The van der Waals surface area contributed by atoms with E-state index in [1.54, 1.807) is 7.11 Å². The van der Waals surface area contributed by atoms with Crippen LogP contribution in [0.2, 0.25) is 0 Å². The third-order valence-electron chi connectivity index (χ3n) is 5.73. The molecule has 6 nitrogen and oxygen atoms in total. The number of fused-ring (bicyclic) bond motifs is 1. The molecule has 1 N–H and O–H groups in total. The maximum absolute atomic E-state index is 13.4. The average Bonchev–Trinajstić information content (AvgIpc) is 3.12. The highest BCUT2D eigenvalue weighted by molar-refractivity contribution is 6.00. The number of nitrogens with zero attached hydrogens (tertiary/aromatic N) is 3. The van der Waals surface area contributed by atoms with Crippen molar-refractivity contribution in [2.45, 2.75) is 31.7 Å². The van der Waals surface area contributed by atoms with Gasteiger partial charge in [-0.3, -0.25) is 4.79 Å². The monoisotopic (exact) mass is 386 g/mol. The van der Waals surface area contributed by atoms with Crippen LogP contribution in [0.25, 0.3) is 0 Å². The number of aromatic nitrogens is 3. The molecule has 0 radical (unpaired) electrons. The van der Waals surface area contributed by atoms with Crippen LogP contribution in [0.3, 0.4) is 0 Å². The lowest BCUT2D eigenvalue weighted by atomic mass is 9.78. The second-order valence-corrected chi connectivity index (χ2v) is 7.56. The first-order valence-corrected chi connectivity index (χ1v) is 9.79. The molecule has 146 valence electrons. The average molecular weight is 386 g/mol. The zero-order chi connectivity index (χ0) is 20.0. The standard InChI is InChI=1S/C23H22N4O2/c1-14-24-23-25-19-12-17(15-8-10-18(29-2)11-9-15)13-20(28)21(19)22(27(23)26-14)16-6-4-3-5-7-16/h3-11,17,22H,12-13H2,1-2H3,(H,24,25,26). The topological polar surface area (TPSA) is 69.0 Å². The largest absolute Gasteiger partial charge is 0.497 e. The number of benzene rings is 2. The molecule has 1 aliphatic heterocycles. The number of methoxy groups -OCH3 is 1. The molecule has 0 saturated heterocycles. The number of hydrogen-bond donors (Lipinski definition) is 1. The number of carbonyl (C=O) groups is 1. The molecular formula is C23H22N4O2. The number of anilines is 1. The molecule has 2 atom stereocenters. The van der Waals surface area contributed by atoms with Gasteiger partial charge in [0.15, 0.2) is 5.78 Å². The van der Waals surface area contributed by atoms with E-state index in [9.17, 15) is 4.79 Å². The lowest BCUT2D eigenvalue weighted by Crippen LogP contribution is -2.33. The Morgan fingerprint density at radius 3 is 2.52 bits per heavy atom. The van der Waals surface area contributed by atoms with Gasteiger partial charge in [0.05, 0.1) is 7.11 Å². The normalized spacial score (nSPS) is 20.7. The van der Waals surface area contributed by atoms with E-state index in [2.05, 4.69) is 15.4 Å². The minimum Gasteiger partial charge on any atom is -0.497 e. The third-order valence-corrected chi connectivity index (χ3v) is 5.73. The predicted molar refractivity (Wildman–Crippen MR) is 110 cm³/mol. The SMILES string of the molecule is COc1ccc(C2CC(=O)C3=C(C2)Nc2nc(C)nn2C3c2ccccc2)cc1. The first-order chi connectivity index (χ1) is 14.1. The van der Waals surface area contributed by atoms with Crippen LogP contribution in [0.15, 0.2) is 65.9 Å². The molecule has 29 heavy (non-hydrogen) atoms. The molecule has 0 spiro atoms. The number of ether oxygens (including phenoxy) is 1. The van der Waals surface area contributed by atoms with Gasteiger partial charge in [0.25, 0.3) is 0 Å². The molecule has 2 aliphatic rings. The molecule has 1 aliphatic carbocycles. The fraction of sp³-hybridized carbons (Fsp3) is 0.261. The van der Waals surface area contributed by atoms with Crippen LogP contribution in [0.5, 0.6) is 5.75 Å². The molecule has 2 aromatic carbocycles. The van der Waals surface area contributed by atoms with Gasteiger partial charge in [0.1, 0.15) is 17.6 Å². The molecular weight excluding hydrogens is 364 g/mol. The summed E-state index contributed by atoms with van der Waals surface area (Å²) in [6.45, 7) is 1.87. The Labute approximate surface area is 169 Å². The summed E-state index contributed by atoms with van der Waals surface area (Å²) in [7, 11) is 1.66. The Morgan fingerprint density at radius 2 is 1.79 bits per heavy atom. The summed E-state index contributed by atoms with van der Waals surface area (Å²) in [6, 6.07) is 17.8. The number of aryl methyl sites for hydroxylation is 1. The van der Waals surface area contributed by atoms with E-state index in [0.29, 0.717) is 18.2 Å². The molecule has 5 rings (SSSR count). The van der Waals surface area contributed by atoms with E-state index < -0.39 is 0 Å². The van der Waals surface area contributed by atoms with Crippen molar-refractivity contribution in [1.29, 1.82) is 0 Å². The van der Waals surface area contributed by atoms with Gasteiger partial charge in [0.2, 0.25) is 5.95 Å². The van der Waals surface area contributed by atoms with E-state index in [1.165, 1.54) is 0 Å². The lowest BCUT2D eigenvalue weighted by Gasteiger charge is -2.35. The van der Waals surface area contributed by atoms with Crippen LogP contribution < -0.4 is 10.1 Å². The number of allylic oxidation sites excluding steroid dienone is 2. The van der Waals surface area contributed by atoms with E-state index in [4.69, 9.17) is 4.74 Å². The summed E-state index contributed by atoms with van der Waals surface area (Å²) >= 11 is 0. The molecule has 1 aromatic heterocycles. The summed E-state index contributed by atoms with van der Waals surface area (Å²) in [5, 5.41) is 7.97. The Kier molecular flexibility index (Phi) is 4.19. The van der Waals surface area contributed by atoms with Gasteiger partial charge in [-0.25, -0.2) is 4.68 Å². The zero-order valence-corrected chi connectivity index (χ0v) is 16.4. The van der Waals surface area contributed by atoms with Crippen LogP contribution in [-0.2, 0) is 4.79 Å². The molecule has 0 amide bonds. The fourth-order valence-corrected chi connectivity index (χ4v) is 4.37. The number of hydrogen-bond acceptors (Lipinski definition) is 5. The van der Waals surface area contributed by atoms with Crippen molar-refractivity contribution in [3.05, 3.63) is 82.8 Å². The first-order valence-electron chi connectivity index (χ1n) is 9.79. The zero-order valence-electron chi connectivity index (χ0n) is 16.4. The van der Waals surface area contributed by atoms with Crippen LogP contribution in [-0.4, -0.2) is 27.7 Å². The smallest absolute Gasteiger partial charge is 0.226 e. The maximum Gasteiger partial charge on any atom is 0.226 e. The molecule has 2 unspecified atom stereocenters. The maximum atomic E-state index is 13.4. The van der Waals surface area contributed by atoms with Crippen molar-refractivity contribution in [2.24, 2.45) is 0 Å². The van der Waals surface area contributed by atoms with Crippen LogP contribution in [0.1, 0.15) is 41.8 Å². The second-order valence-electron chi connectivity index (χ2n) is 7.56. The molecule has 2 heterocycles. The lowest BCUT2D eigenvalue weighted by molar-refractivity contribution is -0.116. The number of ketones is 1. The third kappa shape index (κ3) is 3.01. The Balaban J connectivity index is 1.57. The van der Waals surface area contributed by atoms with Gasteiger partial charge < -0.3 is 10.1 Å². The molecule has 0 fully saturated rings. The number of nitrogens with one attached hydrogen (secondary N) is 1. The summed E-state index contributed by atoms with van der Waals surface area (Å²) in [5.74, 6) is 2.49. The van der Waals surface area contributed by atoms with Crippen LogP contribution in [0.4, 0.5) is 5.95 Å². The quantitative estimate of drug-likeness (QED) is 0.737. The van der Waals surface area contributed by atoms with Gasteiger partial charge in [0, 0.05) is 17.7 Å². The Bertz CT molecular complexity index is 1100. The van der Waals surface area contributed by atoms with Crippen molar-refractivity contribution in [3.8, 4) is 5.75 Å². The van der Waals surface area contributed by atoms with Crippen molar-refractivity contribution in [2.75, 3.05) is 12.4 Å². The summed E-state index contributed by atoms with van der Waals surface area (Å²) in [6.07, 6.45) is 1.25. The molecule has 0 bridgehead atoms.